The molecule has 174 valence electrons. The van der Waals surface area contributed by atoms with E-state index in [0.717, 1.165) is 11.3 Å². The maximum Gasteiger partial charge on any atom is 0.244 e. The van der Waals surface area contributed by atoms with E-state index in [1.165, 1.54) is 12.0 Å². The molecule has 0 saturated carbocycles. The molecule has 10 heteroatoms. The second-order valence-corrected chi connectivity index (χ2v) is 7.67. The molecule has 1 heterocycles. The summed E-state index contributed by atoms with van der Waals surface area (Å²) in [5.74, 6) is 1.62. The number of rotatable bonds is 10. The van der Waals surface area contributed by atoms with E-state index in [0.29, 0.717) is 41.0 Å². The summed E-state index contributed by atoms with van der Waals surface area (Å²) in [5.41, 5.74) is 1.25. The third kappa shape index (κ3) is 6.69. The average Bonchev–Trinajstić information content (AvgIpc) is 3.28. The molecule has 2 amide bonds. The van der Waals surface area contributed by atoms with Gasteiger partial charge in [-0.3, -0.25) is 9.59 Å². The van der Waals surface area contributed by atoms with E-state index in [4.69, 9.17) is 25.6 Å². The number of amides is 2. The van der Waals surface area contributed by atoms with Gasteiger partial charge in [-0.2, -0.15) is 4.98 Å². The van der Waals surface area contributed by atoms with Crippen molar-refractivity contribution < 1.29 is 23.6 Å². The number of hydrogen-bond acceptors (Lipinski definition) is 7. The van der Waals surface area contributed by atoms with Gasteiger partial charge in [0, 0.05) is 30.5 Å². The normalized spacial score (nSPS) is 10.5. The van der Waals surface area contributed by atoms with Gasteiger partial charge in [-0.25, -0.2) is 0 Å². The van der Waals surface area contributed by atoms with Crippen molar-refractivity contribution in [2.75, 3.05) is 33.1 Å². The van der Waals surface area contributed by atoms with Gasteiger partial charge < -0.3 is 24.2 Å². The fourth-order valence-corrected chi connectivity index (χ4v) is 3.24. The quantitative estimate of drug-likeness (QED) is 0.477. The molecular formula is C23H25ClN4O5. The fraction of sp³-hybridized carbons (Fsp3) is 0.304. The molecule has 33 heavy (non-hydrogen) atoms. The summed E-state index contributed by atoms with van der Waals surface area (Å²) < 4.78 is 15.6. The lowest BCUT2D eigenvalue weighted by atomic mass is 10.2. The lowest BCUT2D eigenvalue weighted by Crippen LogP contribution is -2.34. The van der Waals surface area contributed by atoms with Crippen molar-refractivity contribution >= 4 is 29.1 Å². The standard InChI is InChI=1S/C23H25ClN4O5/c1-28(14-20(29)25-18-13-16(24)9-12-19(18)32-3)22(30)6-4-5-21-26-23(27-33-21)15-7-10-17(31-2)11-8-15/h7-13H,4-6,14H2,1-3H3,(H,25,29). The molecule has 0 radical (unpaired) electrons. The maximum atomic E-state index is 12.4. The minimum atomic E-state index is -0.354. The zero-order valence-corrected chi connectivity index (χ0v) is 19.4. The van der Waals surface area contributed by atoms with Crippen LogP contribution in [0.2, 0.25) is 5.02 Å². The molecule has 0 spiro atoms. The van der Waals surface area contributed by atoms with E-state index >= 15 is 0 Å². The molecule has 0 aliphatic carbocycles. The topological polar surface area (TPSA) is 107 Å². The maximum absolute atomic E-state index is 12.4. The van der Waals surface area contributed by atoms with Gasteiger partial charge in [0.25, 0.3) is 0 Å². The highest BCUT2D eigenvalue weighted by molar-refractivity contribution is 6.31. The zero-order chi connectivity index (χ0) is 23.8. The Labute approximate surface area is 196 Å². The van der Waals surface area contributed by atoms with Gasteiger partial charge in [-0.1, -0.05) is 16.8 Å². The highest BCUT2D eigenvalue weighted by atomic mass is 35.5. The van der Waals surface area contributed by atoms with Crippen molar-refractivity contribution in [2.45, 2.75) is 19.3 Å². The van der Waals surface area contributed by atoms with E-state index in [1.807, 2.05) is 24.3 Å². The molecule has 0 atom stereocenters. The number of nitrogens with one attached hydrogen (secondary N) is 1. The van der Waals surface area contributed by atoms with E-state index in [9.17, 15) is 9.59 Å². The lowest BCUT2D eigenvalue weighted by molar-refractivity contribution is -0.133. The van der Waals surface area contributed by atoms with Gasteiger partial charge in [0.15, 0.2) is 0 Å². The van der Waals surface area contributed by atoms with Crippen LogP contribution in [0.15, 0.2) is 47.0 Å². The summed E-state index contributed by atoms with van der Waals surface area (Å²) in [6.07, 6.45) is 1.20. The van der Waals surface area contributed by atoms with Gasteiger partial charge in [-0.15, -0.1) is 0 Å². The number of carbonyl (C=O) groups excluding carboxylic acids is 2. The number of carbonyl (C=O) groups is 2. The van der Waals surface area contributed by atoms with Crippen LogP contribution >= 0.6 is 11.6 Å². The SMILES string of the molecule is COc1ccc(-c2noc(CCCC(=O)N(C)CC(=O)Nc3cc(Cl)ccc3OC)n2)cc1. The zero-order valence-electron chi connectivity index (χ0n) is 18.6. The predicted molar refractivity (Wildman–Crippen MR) is 123 cm³/mol. The average molecular weight is 473 g/mol. The Kier molecular flexibility index (Phi) is 8.26. The Hall–Kier alpha value is -3.59. The first-order chi connectivity index (χ1) is 15.9. The molecule has 1 aromatic heterocycles. The van der Waals surface area contributed by atoms with Crippen LogP contribution in [-0.4, -0.2) is 54.7 Å². The lowest BCUT2D eigenvalue weighted by Gasteiger charge is -2.17. The molecule has 9 nitrogen and oxygen atoms in total. The third-order valence-electron chi connectivity index (χ3n) is 4.84. The summed E-state index contributed by atoms with van der Waals surface area (Å²) in [4.78, 5) is 30.5. The fourth-order valence-electron chi connectivity index (χ4n) is 3.07. The molecule has 2 aromatic carbocycles. The van der Waals surface area contributed by atoms with Gasteiger partial charge in [0.1, 0.15) is 11.5 Å². The molecule has 0 aliphatic rings. The number of benzene rings is 2. The highest BCUT2D eigenvalue weighted by Gasteiger charge is 2.16. The van der Waals surface area contributed by atoms with E-state index in [-0.39, 0.29) is 24.8 Å². The van der Waals surface area contributed by atoms with Crippen LogP contribution in [0.5, 0.6) is 11.5 Å². The molecule has 0 fully saturated rings. The Balaban J connectivity index is 1.45. The molecule has 0 bridgehead atoms. The number of likely N-dealkylation sites (N-methyl/N-ethyl adjacent to an activating group) is 1. The monoisotopic (exact) mass is 472 g/mol. The smallest absolute Gasteiger partial charge is 0.244 e. The summed E-state index contributed by atoms with van der Waals surface area (Å²) in [5, 5.41) is 7.16. The molecule has 1 N–H and O–H groups in total. The van der Waals surface area contributed by atoms with Crippen molar-refractivity contribution in [3.63, 3.8) is 0 Å². The van der Waals surface area contributed by atoms with Gasteiger partial charge >= 0.3 is 0 Å². The van der Waals surface area contributed by atoms with E-state index < -0.39 is 0 Å². The Morgan fingerprint density at radius 3 is 2.58 bits per heavy atom. The van der Waals surface area contributed by atoms with E-state index in [1.54, 1.807) is 32.4 Å². The first kappa shape index (κ1) is 24.1. The van der Waals surface area contributed by atoms with Crippen molar-refractivity contribution in [3.05, 3.63) is 53.4 Å². The largest absolute Gasteiger partial charge is 0.497 e. The third-order valence-corrected chi connectivity index (χ3v) is 5.07. The molecule has 0 aliphatic heterocycles. The van der Waals surface area contributed by atoms with Crippen LogP contribution in [0.3, 0.4) is 0 Å². The minimum Gasteiger partial charge on any atom is -0.497 e. The molecule has 3 aromatic rings. The molecule has 0 unspecified atom stereocenters. The summed E-state index contributed by atoms with van der Waals surface area (Å²) in [6, 6.07) is 12.2. The van der Waals surface area contributed by atoms with Crippen molar-refractivity contribution in [3.8, 4) is 22.9 Å². The second kappa shape index (κ2) is 11.3. The molecule has 0 saturated heterocycles. The number of methoxy groups -OCH3 is 2. The molecule has 3 rings (SSSR count). The van der Waals surface area contributed by atoms with Crippen molar-refractivity contribution in [2.24, 2.45) is 0 Å². The van der Waals surface area contributed by atoms with Gasteiger partial charge in [0.2, 0.25) is 23.5 Å². The van der Waals surface area contributed by atoms with Crippen LogP contribution in [0.1, 0.15) is 18.7 Å². The Morgan fingerprint density at radius 2 is 1.88 bits per heavy atom. The van der Waals surface area contributed by atoms with Crippen molar-refractivity contribution in [1.29, 1.82) is 0 Å². The van der Waals surface area contributed by atoms with E-state index in [2.05, 4.69) is 15.5 Å². The van der Waals surface area contributed by atoms with Crippen LogP contribution < -0.4 is 14.8 Å². The predicted octanol–water partition coefficient (Wildman–Crippen LogP) is 3.83. The number of aromatic nitrogens is 2. The number of aryl methyl sites for hydroxylation is 1. The Bertz CT molecular complexity index is 1100. The summed E-state index contributed by atoms with van der Waals surface area (Å²) in [6.45, 7) is -0.101. The van der Waals surface area contributed by atoms with Gasteiger partial charge in [-0.05, 0) is 48.9 Å². The number of hydrogen-bond donors (Lipinski definition) is 1. The second-order valence-electron chi connectivity index (χ2n) is 7.24. The van der Waals surface area contributed by atoms with Crippen LogP contribution in [-0.2, 0) is 16.0 Å². The van der Waals surface area contributed by atoms with Crippen LogP contribution in [0.25, 0.3) is 11.4 Å². The summed E-state index contributed by atoms with van der Waals surface area (Å²) in [7, 11) is 4.67. The van der Waals surface area contributed by atoms with Gasteiger partial charge in [0.05, 0.1) is 26.5 Å². The van der Waals surface area contributed by atoms with Crippen LogP contribution in [0, 0.1) is 0 Å². The van der Waals surface area contributed by atoms with Crippen LogP contribution in [0.4, 0.5) is 5.69 Å². The number of halogens is 1. The number of nitrogens with zero attached hydrogens (tertiary/aromatic N) is 3. The Morgan fingerprint density at radius 1 is 1.12 bits per heavy atom. The number of ether oxygens (including phenoxy) is 2. The molecular weight excluding hydrogens is 448 g/mol. The first-order valence-corrected chi connectivity index (χ1v) is 10.6. The summed E-state index contributed by atoms with van der Waals surface area (Å²) >= 11 is 5.98. The minimum absolute atomic E-state index is 0.101. The first-order valence-electron chi connectivity index (χ1n) is 10.2. The highest BCUT2D eigenvalue weighted by Crippen LogP contribution is 2.27. The van der Waals surface area contributed by atoms with Crippen molar-refractivity contribution in [1.82, 2.24) is 15.0 Å². The number of anilines is 1.